The summed E-state index contributed by atoms with van der Waals surface area (Å²) in [5, 5.41) is 5.83. The Hall–Kier alpha value is -0.350. The Labute approximate surface area is 125 Å². The van der Waals surface area contributed by atoms with E-state index in [1.807, 2.05) is 0 Å². The Kier molecular flexibility index (Phi) is 5.89. The zero-order valence-corrected chi connectivity index (χ0v) is 13.8. The second-order valence-corrected chi connectivity index (χ2v) is 6.44. The molecule has 1 aromatic rings. The third-order valence-corrected chi connectivity index (χ3v) is 4.80. The maximum absolute atomic E-state index is 4.73. The molecule has 4 heteroatoms. The van der Waals surface area contributed by atoms with Crippen molar-refractivity contribution in [2.75, 3.05) is 11.9 Å². The highest BCUT2D eigenvalue weighted by Crippen LogP contribution is 2.26. The molecule has 0 saturated heterocycles. The van der Waals surface area contributed by atoms with Crippen molar-refractivity contribution in [1.29, 1.82) is 0 Å². The van der Waals surface area contributed by atoms with Crippen LogP contribution in [-0.4, -0.2) is 32.6 Å². The molecular formula is C15H26BrN3. The van der Waals surface area contributed by atoms with Crippen LogP contribution in [0.1, 0.15) is 57.7 Å². The van der Waals surface area contributed by atoms with Crippen LogP contribution in [-0.2, 0) is 6.54 Å². The van der Waals surface area contributed by atoms with Gasteiger partial charge in [-0.3, -0.25) is 9.58 Å². The molecule has 0 bridgehead atoms. The van der Waals surface area contributed by atoms with Gasteiger partial charge in [0, 0.05) is 30.2 Å². The van der Waals surface area contributed by atoms with E-state index in [1.54, 1.807) is 0 Å². The van der Waals surface area contributed by atoms with E-state index in [9.17, 15) is 0 Å². The molecule has 1 aliphatic rings. The lowest BCUT2D eigenvalue weighted by atomic mass is 9.91. The summed E-state index contributed by atoms with van der Waals surface area (Å²) in [6, 6.07) is 3.49. The molecule has 1 fully saturated rings. The molecule has 0 aliphatic heterocycles. The van der Waals surface area contributed by atoms with Crippen molar-refractivity contribution < 1.29 is 0 Å². The van der Waals surface area contributed by atoms with Crippen LogP contribution < -0.4 is 0 Å². The van der Waals surface area contributed by atoms with Gasteiger partial charge in [-0.15, -0.1) is 0 Å². The van der Waals surface area contributed by atoms with Crippen LogP contribution in [0.25, 0.3) is 0 Å². The summed E-state index contributed by atoms with van der Waals surface area (Å²) in [7, 11) is 0. The summed E-state index contributed by atoms with van der Waals surface area (Å²) in [5.74, 6) is 0. The smallest absolute Gasteiger partial charge is 0.0764 e. The molecule has 1 aromatic heterocycles. The van der Waals surface area contributed by atoms with Gasteiger partial charge in [0.15, 0.2) is 0 Å². The standard InChI is InChI=1S/C15H26BrN3/c1-3-13(2)19-11-8-14(17-19)12-18(10-5-9-16)15-6-4-7-15/h8,11,13,15H,3-7,9-10,12H2,1-2H3. The van der Waals surface area contributed by atoms with E-state index >= 15 is 0 Å². The third-order valence-electron chi connectivity index (χ3n) is 4.24. The molecule has 0 amide bonds. The van der Waals surface area contributed by atoms with E-state index in [0.717, 1.165) is 24.3 Å². The molecule has 0 N–H and O–H groups in total. The van der Waals surface area contributed by atoms with Crippen LogP contribution >= 0.6 is 15.9 Å². The van der Waals surface area contributed by atoms with E-state index in [-0.39, 0.29) is 0 Å². The predicted octanol–water partition coefficient (Wildman–Crippen LogP) is 3.99. The minimum atomic E-state index is 0.508. The van der Waals surface area contributed by atoms with Crippen molar-refractivity contribution >= 4 is 15.9 Å². The fourth-order valence-electron chi connectivity index (χ4n) is 2.51. The van der Waals surface area contributed by atoms with Gasteiger partial charge in [0.2, 0.25) is 0 Å². The van der Waals surface area contributed by atoms with Crippen LogP contribution in [0.5, 0.6) is 0 Å². The lowest BCUT2D eigenvalue weighted by Gasteiger charge is -2.37. The van der Waals surface area contributed by atoms with Gasteiger partial charge >= 0.3 is 0 Å². The fourth-order valence-corrected chi connectivity index (χ4v) is 2.76. The number of hydrogen-bond acceptors (Lipinski definition) is 2. The first-order valence-electron chi connectivity index (χ1n) is 7.58. The summed E-state index contributed by atoms with van der Waals surface area (Å²) in [6.07, 6.45) is 8.63. The van der Waals surface area contributed by atoms with Gasteiger partial charge in [-0.2, -0.15) is 5.10 Å². The average molecular weight is 328 g/mol. The predicted molar refractivity (Wildman–Crippen MR) is 83.7 cm³/mol. The number of halogens is 1. The van der Waals surface area contributed by atoms with Crippen LogP contribution in [0.4, 0.5) is 0 Å². The van der Waals surface area contributed by atoms with Crippen molar-refractivity contribution in [1.82, 2.24) is 14.7 Å². The van der Waals surface area contributed by atoms with Crippen LogP contribution in [0.2, 0.25) is 0 Å². The van der Waals surface area contributed by atoms with Crippen LogP contribution in [0.3, 0.4) is 0 Å². The monoisotopic (exact) mass is 327 g/mol. The van der Waals surface area contributed by atoms with E-state index in [4.69, 9.17) is 5.10 Å². The van der Waals surface area contributed by atoms with Crippen molar-refractivity contribution in [2.24, 2.45) is 0 Å². The molecule has 19 heavy (non-hydrogen) atoms. The first kappa shape index (κ1) is 15.0. The second kappa shape index (κ2) is 7.44. The second-order valence-electron chi connectivity index (χ2n) is 5.64. The van der Waals surface area contributed by atoms with Crippen LogP contribution in [0.15, 0.2) is 12.3 Å². The minimum absolute atomic E-state index is 0.508. The summed E-state index contributed by atoms with van der Waals surface area (Å²) in [5.41, 5.74) is 1.22. The van der Waals surface area contributed by atoms with E-state index in [1.165, 1.54) is 37.9 Å². The van der Waals surface area contributed by atoms with Crippen molar-refractivity contribution in [3.63, 3.8) is 0 Å². The van der Waals surface area contributed by atoms with Gasteiger partial charge in [0.05, 0.1) is 5.69 Å². The maximum Gasteiger partial charge on any atom is 0.0764 e. The molecule has 1 unspecified atom stereocenters. The third kappa shape index (κ3) is 4.06. The normalized spacial score (nSPS) is 17.7. The van der Waals surface area contributed by atoms with Crippen molar-refractivity contribution in [2.45, 2.75) is 64.6 Å². The Balaban J connectivity index is 1.93. The molecule has 0 radical (unpaired) electrons. The lowest BCUT2D eigenvalue weighted by molar-refractivity contribution is 0.118. The Morgan fingerprint density at radius 2 is 2.32 bits per heavy atom. The van der Waals surface area contributed by atoms with Gasteiger partial charge in [-0.1, -0.05) is 29.3 Å². The van der Waals surface area contributed by atoms with Crippen molar-refractivity contribution in [3.8, 4) is 0 Å². The largest absolute Gasteiger partial charge is 0.294 e. The van der Waals surface area contributed by atoms with E-state index in [0.29, 0.717) is 6.04 Å². The number of aromatic nitrogens is 2. The number of nitrogens with zero attached hydrogens (tertiary/aromatic N) is 3. The Bertz CT molecular complexity index is 373. The molecule has 0 spiro atoms. The Morgan fingerprint density at radius 1 is 1.53 bits per heavy atom. The molecule has 3 nitrogen and oxygen atoms in total. The summed E-state index contributed by atoms with van der Waals surface area (Å²) in [4.78, 5) is 2.62. The molecular weight excluding hydrogens is 302 g/mol. The highest BCUT2D eigenvalue weighted by atomic mass is 79.9. The average Bonchev–Trinajstić information content (AvgIpc) is 2.81. The van der Waals surface area contributed by atoms with Crippen LogP contribution in [0, 0.1) is 0 Å². The molecule has 1 saturated carbocycles. The minimum Gasteiger partial charge on any atom is -0.294 e. The highest BCUT2D eigenvalue weighted by molar-refractivity contribution is 9.09. The quantitative estimate of drug-likeness (QED) is 0.673. The zero-order valence-electron chi connectivity index (χ0n) is 12.2. The van der Waals surface area contributed by atoms with Gasteiger partial charge in [-0.25, -0.2) is 0 Å². The zero-order chi connectivity index (χ0) is 13.7. The molecule has 108 valence electrons. The first-order valence-corrected chi connectivity index (χ1v) is 8.70. The molecule has 1 aliphatic carbocycles. The topological polar surface area (TPSA) is 21.1 Å². The summed E-state index contributed by atoms with van der Waals surface area (Å²) in [6.45, 7) is 6.64. The van der Waals surface area contributed by atoms with Gasteiger partial charge in [0.25, 0.3) is 0 Å². The summed E-state index contributed by atoms with van der Waals surface area (Å²) < 4.78 is 2.11. The van der Waals surface area contributed by atoms with Gasteiger partial charge in [0.1, 0.15) is 0 Å². The molecule has 0 aromatic carbocycles. The van der Waals surface area contributed by atoms with Gasteiger partial charge in [-0.05, 0) is 45.2 Å². The van der Waals surface area contributed by atoms with E-state index < -0.39 is 0 Å². The summed E-state index contributed by atoms with van der Waals surface area (Å²) >= 11 is 3.54. The Morgan fingerprint density at radius 3 is 2.89 bits per heavy atom. The maximum atomic E-state index is 4.73. The van der Waals surface area contributed by atoms with Crippen molar-refractivity contribution in [3.05, 3.63) is 18.0 Å². The number of hydrogen-bond donors (Lipinski definition) is 0. The van der Waals surface area contributed by atoms with E-state index in [2.05, 4.69) is 51.6 Å². The number of alkyl halides is 1. The SMILES string of the molecule is CCC(C)n1ccc(CN(CCCBr)C2CCC2)n1. The fraction of sp³-hybridized carbons (Fsp3) is 0.800. The lowest BCUT2D eigenvalue weighted by Crippen LogP contribution is -2.40. The molecule has 1 heterocycles. The molecule has 1 atom stereocenters. The van der Waals surface area contributed by atoms with Gasteiger partial charge < -0.3 is 0 Å². The highest BCUT2D eigenvalue weighted by Gasteiger charge is 2.25. The number of rotatable bonds is 8. The molecule has 2 rings (SSSR count). The first-order chi connectivity index (χ1) is 9.24.